The number of fused-ring (bicyclic) bond motifs is 2. The van der Waals surface area contributed by atoms with Gasteiger partial charge in [-0.3, -0.25) is 4.90 Å². The topological polar surface area (TPSA) is 59.8 Å². The number of ether oxygens (including phenoxy) is 2. The first-order valence-corrected chi connectivity index (χ1v) is 10.8. The van der Waals surface area contributed by atoms with Crippen molar-refractivity contribution in [3.63, 3.8) is 0 Å². The van der Waals surface area contributed by atoms with Crippen LogP contribution in [0.25, 0.3) is 5.69 Å². The lowest BCUT2D eigenvalue weighted by Gasteiger charge is -2.40. The zero-order valence-corrected chi connectivity index (χ0v) is 19.0. The predicted octanol–water partition coefficient (Wildman–Crippen LogP) is 4.10. The van der Waals surface area contributed by atoms with Crippen LogP contribution in [-0.4, -0.2) is 63.6 Å². The molecule has 1 atom stereocenters. The summed E-state index contributed by atoms with van der Waals surface area (Å²) in [7, 11) is 0. The number of nitrogens with zero attached hydrogens (tertiary/aromatic N) is 4. The Labute approximate surface area is 183 Å². The Hall–Kier alpha value is -1.77. The van der Waals surface area contributed by atoms with E-state index in [1.54, 1.807) is 11.1 Å². The fourth-order valence-electron chi connectivity index (χ4n) is 3.68. The fraction of sp³-hybridized carbons (Fsp3) is 0.500. The van der Waals surface area contributed by atoms with Gasteiger partial charge in [-0.05, 0) is 48.8 Å². The van der Waals surface area contributed by atoms with Crippen LogP contribution in [0.5, 0.6) is 5.75 Å². The molecule has 0 unspecified atom stereocenters. The van der Waals surface area contributed by atoms with Gasteiger partial charge < -0.3 is 14.4 Å². The second kappa shape index (κ2) is 7.81. The molecule has 2 aliphatic rings. The molecule has 156 valence electrons. The lowest BCUT2D eigenvalue weighted by Crippen LogP contribution is -2.56. The van der Waals surface area contributed by atoms with Crippen LogP contribution >= 0.6 is 27.5 Å². The number of hydrogen-bond acceptors (Lipinski definition) is 5. The molecule has 0 aliphatic carbocycles. The van der Waals surface area contributed by atoms with E-state index in [-0.39, 0.29) is 12.1 Å². The van der Waals surface area contributed by atoms with Gasteiger partial charge in [-0.25, -0.2) is 9.48 Å². The second-order valence-electron chi connectivity index (χ2n) is 8.31. The maximum absolute atomic E-state index is 12.5. The summed E-state index contributed by atoms with van der Waals surface area (Å²) in [6.07, 6.45) is 3.37. The van der Waals surface area contributed by atoms with Gasteiger partial charge in [0.15, 0.2) is 0 Å². The molecule has 1 fully saturated rings. The molecular weight excluding hydrogens is 460 g/mol. The molecule has 1 saturated heterocycles. The normalized spacial score (nSPS) is 19.8. The summed E-state index contributed by atoms with van der Waals surface area (Å²) in [5, 5.41) is 4.93. The predicted molar refractivity (Wildman–Crippen MR) is 114 cm³/mol. The van der Waals surface area contributed by atoms with Gasteiger partial charge in [-0.2, -0.15) is 5.10 Å². The molecule has 0 saturated carbocycles. The minimum absolute atomic E-state index is 0.0592. The van der Waals surface area contributed by atoms with Crippen LogP contribution in [0.1, 0.15) is 26.3 Å². The average Bonchev–Trinajstić information content (AvgIpc) is 3.10. The second-order valence-corrected chi connectivity index (χ2v) is 9.54. The Morgan fingerprint density at radius 3 is 2.86 bits per heavy atom. The van der Waals surface area contributed by atoms with Gasteiger partial charge in [0.2, 0.25) is 0 Å². The van der Waals surface area contributed by atoms with E-state index in [1.807, 2.05) is 43.8 Å². The van der Waals surface area contributed by atoms with Crippen LogP contribution in [0.2, 0.25) is 5.02 Å². The van der Waals surface area contributed by atoms with E-state index in [0.717, 1.165) is 22.3 Å². The maximum atomic E-state index is 12.5. The monoisotopic (exact) mass is 482 g/mol. The van der Waals surface area contributed by atoms with Crippen molar-refractivity contribution in [3.8, 4) is 11.4 Å². The number of aromatic nitrogens is 2. The molecule has 0 radical (unpaired) electrons. The zero-order valence-electron chi connectivity index (χ0n) is 16.7. The first kappa shape index (κ1) is 20.5. The number of benzene rings is 1. The van der Waals surface area contributed by atoms with Crippen molar-refractivity contribution in [1.82, 2.24) is 19.6 Å². The molecule has 0 spiro atoms. The molecule has 2 aromatic rings. The Bertz CT molecular complexity index is 913. The number of hydrogen-bond donors (Lipinski definition) is 0. The minimum atomic E-state index is -0.511. The van der Waals surface area contributed by atoms with Gasteiger partial charge in [0.05, 0.1) is 16.8 Å². The highest BCUT2D eigenvalue weighted by atomic mass is 79.9. The Morgan fingerprint density at radius 1 is 1.38 bits per heavy atom. The van der Waals surface area contributed by atoms with E-state index >= 15 is 0 Å². The number of piperazine rings is 1. The van der Waals surface area contributed by atoms with Crippen LogP contribution in [0.15, 0.2) is 29.0 Å². The molecule has 1 aromatic heterocycles. The SMILES string of the molecule is CC(C)(C)OC(=O)N1CCN2Cc3c(-n4cccn4)cc(Br)c(Cl)c3OC[C@H]2C1. The summed E-state index contributed by atoms with van der Waals surface area (Å²) in [5.74, 6) is 0.671. The standard InChI is InChI=1S/C20H24BrClN4O3/c1-20(2,3)29-19(27)25-8-7-24-11-14-16(26-6-4-5-23-26)9-15(21)17(22)18(14)28-12-13(24)10-25/h4-6,9,13H,7-8,10-12H2,1-3H3/t13-/m1/s1. The highest BCUT2D eigenvalue weighted by Gasteiger charge is 2.36. The summed E-state index contributed by atoms with van der Waals surface area (Å²) in [5.41, 5.74) is 1.41. The van der Waals surface area contributed by atoms with Crippen molar-refractivity contribution in [2.24, 2.45) is 0 Å². The Kier molecular flexibility index (Phi) is 5.52. The average molecular weight is 484 g/mol. The zero-order chi connectivity index (χ0) is 20.8. The van der Waals surface area contributed by atoms with Gasteiger partial charge in [0.25, 0.3) is 0 Å². The summed E-state index contributed by atoms with van der Waals surface area (Å²) in [6, 6.07) is 3.91. The number of halogens is 2. The lowest BCUT2D eigenvalue weighted by molar-refractivity contribution is -0.00154. The highest BCUT2D eigenvalue weighted by molar-refractivity contribution is 9.10. The molecule has 9 heteroatoms. The third-order valence-corrected chi connectivity index (χ3v) is 6.27. The van der Waals surface area contributed by atoms with Crippen molar-refractivity contribution >= 4 is 33.6 Å². The quantitative estimate of drug-likeness (QED) is 0.611. The molecule has 3 heterocycles. The van der Waals surface area contributed by atoms with Crippen molar-refractivity contribution < 1.29 is 14.3 Å². The first-order chi connectivity index (χ1) is 13.7. The fourth-order valence-corrected chi connectivity index (χ4v) is 4.30. The van der Waals surface area contributed by atoms with Crippen LogP contribution in [0, 0.1) is 0 Å². The van der Waals surface area contributed by atoms with E-state index in [4.69, 9.17) is 21.1 Å². The molecule has 1 amide bonds. The smallest absolute Gasteiger partial charge is 0.410 e. The maximum Gasteiger partial charge on any atom is 0.410 e. The summed E-state index contributed by atoms with van der Waals surface area (Å²) in [6.45, 7) is 8.65. The number of amides is 1. The number of rotatable bonds is 1. The van der Waals surface area contributed by atoms with Crippen LogP contribution in [0.4, 0.5) is 4.79 Å². The largest absolute Gasteiger partial charge is 0.490 e. The highest BCUT2D eigenvalue weighted by Crippen LogP contribution is 2.41. The third kappa shape index (κ3) is 4.25. The molecule has 29 heavy (non-hydrogen) atoms. The van der Waals surface area contributed by atoms with E-state index < -0.39 is 5.60 Å². The van der Waals surface area contributed by atoms with E-state index in [2.05, 4.69) is 25.9 Å². The lowest BCUT2D eigenvalue weighted by atomic mass is 10.1. The van der Waals surface area contributed by atoms with Crippen LogP contribution < -0.4 is 4.74 Å². The van der Waals surface area contributed by atoms with Gasteiger partial charge in [-0.15, -0.1) is 0 Å². The van der Waals surface area contributed by atoms with Crippen molar-refractivity contribution in [1.29, 1.82) is 0 Å². The molecule has 0 bridgehead atoms. The minimum Gasteiger partial charge on any atom is -0.490 e. The molecule has 7 nitrogen and oxygen atoms in total. The van der Waals surface area contributed by atoms with E-state index in [1.165, 1.54) is 0 Å². The molecule has 0 N–H and O–H groups in total. The number of carbonyl (C=O) groups is 1. The first-order valence-electron chi connectivity index (χ1n) is 9.58. The third-order valence-electron chi connectivity index (χ3n) is 5.04. The van der Waals surface area contributed by atoms with Crippen LogP contribution in [0.3, 0.4) is 0 Å². The molecule has 4 rings (SSSR count). The van der Waals surface area contributed by atoms with Crippen molar-refractivity contribution in [2.75, 3.05) is 26.2 Å². The Morgan fingerprint density at radius 2 is 2.17 bits per heavy atom. The van der Waals surface area contributed by atoms with Gasteiger partial charge in [0, 0.05) is 48.6 Å². The molecular formula is C20H24BrClN4O3. The van der Waals surface area contributed by atoms with E-state index in [9.17, 15) is 4.79 Å². The summed E-state index contributed by atoms with van der Waals surface area (Å²) < 4.78 is 14.3. The van der Waals surface area contributed by atoms with Crippen molar-refractivity contribution in [2.45, 2.75) is 39.0 Å². The van der Waals surface area contributed by atoms with Gasteiger partial charge in [0.1, 0.15) is 18.0 Å². The Balaban J connectivity index is 1.60. The number of carbonyl (C=O) groups excluding carboxylic acids is 1. The molecule has 1 aromatic carbocycles. The van der Waals surface area contributed by atoms with Gasteiger partial charge >= 0.3 is 6.09 Å². The van der Waals surface area contributed by atoms with Crippen molar-refractivity contribution in [3.05, 3.63) is 39.6 Å². The van der Waals surface area contributed by atoms with Gasteiger partial charge in [-0.1, -0.05) is 11.6 Å². The summed E-state index contributed by atoms with van der Waals surface area (Å²) >= 11 is 10.1. The summed E-state index contributed by atoms with van der Waals surface area (Å²) in [4.78, 5) is 16.6. The van der Waals surface area contributed by atoms with Crippen LogP contribution in [-0.2, 0) is 11.3 Å². The van der Waals surface area contributed by atoms with E-state index in [0.29, 0.717) is 37.0 Å². The molecule has 2 aliphatic heterocycles.